The van der Waals surface area contributed by atoms with Gasteiger partial charge in [0.15, 0.2) is 0 Å². The number of rotatable bonds is 9. The van der Waals surface area contributed by atoms with Crippen molar-refractivity contribution in [3.05, 3.63) is 65.4 Å². The Morgan fingerprint density at radius 3 is 2.48 bits per heavy atom. The molecule has 2 aromatic carbocycles. The highest BCUT2D eigenvalue weighted by Crippen LogP contribution is 2.21. The summed E-state index contributed by atoms with van der Waals surface area (Å²) in [7, 11) is -3.35. The number of nitrogens with two attached hydrogens (primary N) is 1. The van der Waals surface area contributed by atoms with Gasteiger partial charge in [0.2, 0.25) is 10.0 Å². The summed E-state index contributed by atoms with van der Waals surface area (Å²) < 4.78 is 25.0. The number of aromatic nitrogens is 1. The number of anilines is 1. The van der Waals surface area contributed by atoms with Gasteiger partial charge < -0.3 is 16.0 Å². The maximum atomic E-state index is 12.8. The van der Waals surface area contributed by atoms with Gasteiger partial charge in [-0.3, -0.25) is 14.4 Å². The first kappa shape index (κ1) is 22.8. The number of aromatic amines is 1. The number of sulfonamides is 1. The first-order valence-corrected chi connectivity index (χ1v) is 12.6. The Balaban J connectivity index is 1.38. The van der Waals surface area contributed by atoms with Gasteiger partial charge in [0.25, 0.3) is 5.91 Å². The summed E-state index contributed by atoms with van der Waals surface area (Å²) in [5.74, 6) is -0.259. The van der Waals surface area contributed by atoms with Crippen LogP contribution in [0, 0.1) is 0 Å². The molecule has 4 rings (SSSR count). The highest BCUT2D eigenvalue weighted by atomic mass is 32.2. The molecule has 0 bridgehead atoms. The van der Waals surface area contributed by atoms with Gasteiger partial charge in [0.1, 0.15) is 6.04 Å². The molecule has 9 nitrogen and oxygen atoms in total. The van der Waals surface area contributed by atoms with Crippen molar-refractivity contribution >= 4 is 38.6 Å². The van der Waals surface area contributed by atoms with E-state index in [0.29, 0.717) is 31.6 Å². The minimum absolute atomic E-state index is 0.259. The Morgan fingerprint density at radius 2 is 1.79 bits per heavy atom. The first-order chi connectivity index (χ1) is 15.7. The third-order valence-corrected chi connectivity index (χ3v) is 6.28. The standard InChI is InChI=1S/C23H27N5O4S/c1-33(31,32)27-18-5-2-15(3-6-18)13-21-22(29)28(23(30)26-21)11-9-16-4-7-20-19(12-16)17(8-10-24)14-25-20/h2-7,12,14,21,25,27H,8-11,13,24H2,1H3,(H,26,30). The molecule has 1 unspecified atom stereocenters. The Bertz CT molecular complexity index is 1280. The molecule has 0 saturated carbocycles. The third kappa shape index (κ3) is 5.35. The van der Waals surface area contributed by atoms with Crippen molar-refractivity contribution in [2.24, 2.45) is 5.73 Å². The Hall–Kier alpha value is -3.37. The van der Waals surface area contributed by atoms with Crippen molar-refractivity contribution in [2.45, 2.75) is 25.3 Å². The summed E-state index contributed by atoms with van der Waals surface area (Å²) >= 11 is 0. The molecule has 33 heavy (non-hydrogen) atoms. The fourth-order valence-corrected chi connectivity index (χ4v) is 4.63. The summed E-state index contributed by atoms with van der Waals surface area (Å²) in [6.07, 6.45) is 4.72. The number of carbonyl (C=O) groups is 2. The number of fused-ring (bicyclic) bond motifs is 1. The van der Waals surface area contributed by atoms with Gasteiger partial charge in [-0.1, -0.05) is 18.2 Å². The van der Waals surface area contributed by atoms with E-state index in [1.807, 2.05) is 18.3 Å². The van der Waals surface area contributed by atoms with E-state index >= 15 is 0 Å². The number of nitrogens with one attached hydrogen (secondary N) is 3. The number of hydrogen-bond acceptors (Lipinski definition) is 5. The average Bonchev–Trinajstić information content (AvgIpc) is 3.27. The second kappa shape index (κ2) is 9.24. The lowest BCUT2D eigenvalue weighted by molar-refractivity contribution is -0.127. The lowest BCUT2D eigenvalue weighted by Gasteiger charge is -2.13. The Morgan fingerprint density at radius 1 is 1.06 bits per heavy atom. The largest absolute Gasteiger partial charge is 0.361 e. The molecule has 0 spiro atoms. The summed E-state index contributed by atoms with van der Waals surface area (Å²) in [4.78, 5) is 29.8. The van der Waals surface area contributed by atoms with Crippen LogP contribution in [0.15, 0.2) is 48.7 Å². The van der Waals surface area contributed by atoms with Gasteiger partial charge in [-0.25, -0.2) is 13.2 Å². The maximum Gasteiger partial charge on any atom is 0.324 e. The molecule has 0 aliphatic carbocycles. The number of amides is 3. The molecule has 10 heteroatoms. The fourth-order valence-electron chi connectivity index (χ4n) is 4.07. The first-order valence-electron chi connectivity index (χ1n) is 10.7. The van der Waals surface area contributed by atoms with E-state index in [2.05, 4.69) is 21.1 Å². The number of urea groups is 1. The zero-order valence-corrected chi connectivity index (χ0v) is 19.1. The smallest absolute Gasteiger partial charge is 0.324 e. The van der Waals surface area contributed by atoms with E-state index in [1.165, 1.54) is 4.90 Å². The summed E-state index contributed by atoms with van der Waals surface area (Å²) in [5, 5.41) is 3.86. The van der Waals surface area contributed by atoms with Gasteiger partial charge in [-0.2, -0.15) is 0 Å². The van der Waals surface area contributed by atoms with E-state index in [1.54, 1.807) is 24.3 Å². The molecule has 1 aliphatic rings. The molecule has 3 aromatic rings. The van der Waals surface area contributed by atoms with E-state index in [4.69, 9.17) is 5.73 Å². The SMILES string of the molecule is CS(=O)(=O)Nc1ccc(CC2NC(=O)N(CCc3ccc4[nH]cc(CCN)c4c3)C2=O)cc1. The molecule has 3 amide bonds. The van der Waals surface area contributed by atoms with Crippen LogP contribution in [0.2, 0.25) is 0 Å². The summed E-state index contributed by atoms with van der Waals surface area (Å²) in [5.41, 5.74) is 10.2. The monoisotopic (exact) mass is 469 g/mol. The zero-order chi connectivity index (χ0) is 23.6. The van der Waals surface area contributed by atoms with Gasteiger partial charge >= 0.3 is 6.03 Å². The van der Waals surface area contributed by atoms with Crippen LogP contribution < -0.4 is 15.8 Å². The van der Waals surface area contributed by atoms with Crippen LogP contribution in [0.25, 0.3) is 10.9 Å². The molecule has 1 aromatic heterocycles. The highest BCUT2D eigenvalue weighted by Gasteiger charge is 2.37. The minimum Gasteiger partial charge on any atom is -0.361 e. The van der Waals surface area contributed by atoms with E-state index in [-0.39, 0.29) is 5.91 Å². The predicted octanol–water partition coefficient (Wildman–Crippen LogP) is 1.75. The molecule has 1 atom stereocenters. The van der Waals surface area contributed by atoms with Crippen LogP contribution >= 0.6 is 0 Å². The van der Waals surface area contributed by atoms with Crippen molar-refractivity contribution in [3.8, 4) is 0 Å². The Kier molecular flexibility index (Phi) is 6.39. The quantitative estimate of drug-likeness (QED) is 0.354. The van der Waals surface area contributed by atoms with E-state index < -0.39 is 22.1 Å². The second-order valence-electron chi connectivity index (χ2n) is 8.25. The predicted molar refractivity (Wildman–Crippen MR) is 127 cm³/mol. The van der Waals surface area contributed by atoms with Gasteiger partial charge in [-0.15, -0.1) is 0 Å². The molecule has 5 N–H and O–H groups in total. The van der Waals surface area contributed by atoms with Crippen LogP contribution in [0.4, 0.5) is 10.5 Å². The zero-order valence-electron chi connectivity index (χ0n) is 18.3. The molecule has 1 aliphatic heterocycles. The lowest BCUT2D eigenvalue weighted by Crippen LogP contribution is -2.33. The number of benzene rings is 2. The summed E-state index contributed by atoms with van der Waals surface area (Å²) in [6.45, 7) is 0.860. The number of hydrogen-bond donors (Lipinski definition) is 4. The Labute approximate surface area is 192 Å². The van der Waals surface area contributed by atoms with Crippen molar-refractivity contribution in [1.29, 1.82) is 0 Å². The second-order valence-corrected chi connectivity index (χ2v) is 10.00. The molecule has 0 radical (unpaired) electrons. The number of carbonyl (C=O) groups excluding carboxylic acids is 2. The normalized spacial score (nSPS) is 16.4. The van der Waals surface area contributed by atoms with Crippen molar-refractivity contribution in [2.75, 3.05) is 24.1 Å². The van der Waals surface area contributed by atoms with Gasteiger partial charge in [-0.05, 0) is 60.3 Å². The summed E-state index contributed by atoms with van der Waals surface area (Å²) in [6, 6.07) is 11.8. The third-order valence-electron chi connectivity index (χ3n) is 5.67. The molecular weight excluding hydrogens is 442 g/mol. The molecule has 2 heterocycles. The van der Waals surface area contributed by atoms with Crippen molar-refractivity contribution in [1.82, 2.24) is 15.2 Å². The van der Waals surface area contributed by atoms with Crippen molar-refractivity contribution in [3.63, 3.8) is 0 Å². The fraction of sp³-hybridized carbons (Fsp3) is 0.304. The average molecular weight is 470 g/mol. The van der Waals surface area contributed by atoms with Crippen LogP contribution in [0.3, 0.4) is 0 Å². The minimum atomic E-state index is -3.35. The topological polar surface area (TPSA) is 137 Å². The lowest BCUT2D eigenvalue weighted by atomic mass is 10.0. The number of imide groups is 1. The molecular formula is C23H27N5O4S. The van der Waals surface area contributed by atoms with Crippen molar-refractivity contribution < 1.29 is 18.0 Å². The van der Waals surface area contributed by atoms with E-state index in [0.717, 1.165) is 40.3 Å². The number of H-pyrrole nitrogens is 1. The number of nitrogens with zero attached hydrogens (tertiary/aromatic N) is 1. The van der Waals surface area contributed by atoms with Crippen LogP contribution in [-0.4, -0.2) is 55.6 Å². The van der Waals surface area contributed by atoms with Gasteiger partial charge in [0.05, 0.1) is 6.26 Å². The maximum absolute atomic E-state index is 12.8. The van der Waals surface area contributed by atoms with Gasteiger partial charge in [0, 0.05) is 35.8 Å². The molecule has 174 valence electrons. The van der Waals surface area contributed by atoms with Crippen LogP contribution in [0.5, 0.6) is 0 Å². The van der Waals surface area contributed by atoms with Crippen LogP contribution in [-0.2, 0) is 34.1 Å². The molecule has 1 fully saturated rings. The van der Waals surface area contributed by atoms with E-state index in [9.17, 15) is 18.0 Å². The molecule has 1 saturated heterocycles. The van der Waals surface area contributed by atoms with Crippen LogP contribution in [0.1, 0.15) is 16.7 Å². The highest BCUT2D eigenvalue weighted by molar-refractivity contribution is 7.92.